The highest BCUT2D eigenvalue weighted by Gasteiger charge is 2.18. The lowest BCUT2D eigenvalue weighted by Crippen LogP contribution is -2.34. The molecule has 0 spiro atoms. The molecule has 0 aromatic carbocycles. The molecule has 0 saturated carbocycles. The van der Waals surface area contributed by atoms with Gasteiger partial charge in [0.15, 0.2) is 0 Å². The Hall–Kier alpha value is -1.44. The van der Waals surface area contributed by atoms with Gasteiger partial charge in [-0.1, -0.05) is 6.07 Å². The van der Waals surface area contributed by atoms with E-state index in [1.807, 2.05) is 24.4 Å². The Labute approximate surface area is 116 Å². The summed E-state index contributed by atoms with van der Waals surface area (Å²) in [4.78, 5) is 5.06. The van der Waals surface area contributed by atoms with Crippen LogP contribution in [0.5, 0.6) is 0 Å². The van der Waals surface area contributed by atoms with Crippen LogP contribution in [0.1, 0.15) is 11.8 Å². The van der Waals surface area contributed by atoms with Crippen molar-refractivity contribution >= 4 is 27.2 Å². The van der Waals surface area contributed by atoms with E-state index in [1.54, 1.807) is 11.3 Å². The van der Waals surface area contributed by atoms with Crippen molar-refractivity contribution in [3.63, 3.8) is 0 Å². The van der Waals surface area contributed by atoms with Crippen molar-refractivity contribution < 1.29 is 8.42 Å². The fraction of sp³-hybridized carbons (Fsp3) is 0.250. The number of nitrogens with zero attached hydrogens (tertiary/aromatic N) is 1. The third kappa shape index (κ3) is 3.76. The number of hydrogen-bond acceptors (Lipinski definition) is 5. The highest BCUT2D eigenvalue weighted by molar-refractivity contribution is 7.89. The summed E-state index contributed by atoms with van der Waals surface area (Å²) in [6.45, 7) is 1.84. The monoisotopic (exact) mass is 297 g/mol. The first-order valence-electron chi connectivity index (χ1n) is 5.73. The Kier molecular flexibility index (Phi) is 4.18. The summed E-state index contributed by atoms with van der Waals surface area (Å²) in [6.07, 6.45) is 2.05. The fourth-order valence-corrected chi connectivity index (χ4v) is 3.80. The molecule has 0 amide bonds. The second kappa shape index (κ2) is 5.68. The maximum absolute atomic E-state index is 12.1. The van der Waals surface area contributed by atoms with Crippen molar-refractivity contribution in [3.05, 3.63) is 40.7 Å². The summed E-state index contributed by atoms with van der Waals surface area (Å²) in [5.41, 5.74) is 5.49. The minimum absolute atomic E-state index is 0.137. The van der Waals surface area contributed by atoms with Crippen LogP contribution in [0.25, 0.3) is 0 Å². The lowest BCUT2D eigenvalue weighted by atomic mass is 10.2. The number of hydrogen-bond donors (Lipinski definition) is 2. The third-order valence-electron chi connectivity index (χ3n) is 2.51. The minimum atomic E-state index is -3.55. The first kappa shape index (κ1) is 14.0. The number of sulfonamides is 1. The zero-order chi connectivity index (χ0) is 13.9. The summed E-state index contributed by atoms with van der Waals surface area (Å²) in [6, 6.07) is 6.53. The normalized spacial score (nSPS) is 13.3. The molecule has 3 N–H and O–H groups in total. The van der Waals surface area contributed by atoms with E-state index in [1.165, 1.54) is 18.3 Å². The minimum Gasteiger partial charge on any atom is -0.384 e. The van der Waals surface area contributed by atoms with Crippen molar-refractivity contribution in [3.8, 4) is 0 Å². The Bertz CT molecular complexity index is 639. The van der Waals surface area contributed by atoms with E-state index < -0.39 is 10.0 Å². The van der Waals surface area contributed by atoms with Gasteiger partial charge in [0, 0.05) is 23.2 Å². The number of nitrogens with one attached hydrogen (secondary N) is 1. The van der Waals surface area contributed by atoms with Gasteiger partial charge in [-0.15, -0.1) is 11.3 Å². The van der Waals surface area contributed by atoms with E-state index >= 15 is 0 Å². The smallest absolute Gasteiger partial charge is 0.241 e. The SMILES string of the molecule is CC(Cc1cccs1)NS(=O)(=O)c1ccnc(N)c1. The predicted molar refractivity (Wildman–Crippen MR) is 76.5 cm³/mol. The summed E-state index contributed by atoms with van der Waals surface area (Å²) in [7, 11) is -3.55. The maximum Gasteiger partial charge on any atom is 0.241 e. The van der Waals surface area contributed by atoms with Gasteiger partial charge in [0.25, 0.3) is 0 Å². The number of nitrogens with two attached hydrogens (primary N) is 1. The van der Waals surface area contributed by atoms with Crippen LogP contribution < -0.4 is 10.5 Å². The van der Waals surface area contributed by atoms with Crippen LogP contribution >= 0.6 is 11.3 Å². The number of nitrogen functional groups attached to an aromatic ring is 1. The number of thiophene rings is 1. The topological polar surface area (TPSA) is 85.1 Å². The average molecular weight is 297 g/mol. The van der Waals surface area contributed by atoms with E-state index in [0.717, 1.165) is 4.88 Å². The van der Waals surface area contributed by atoms with E-state index in [-0.39, 0.29) is 16.8 Å². The van der Waals surface area contributed by atoms with Crippen LogP contribution in [0.4, 0.5) is 5.82 Å². The van der Waals surface area contributed by atoms with Crippen LogP contribution in [0.3, 0.4) is 0 Å². The molecule has 2 aromatic rings. The van der Waals surface area contributed by atoms with Gasteiger partial charge in [-0.05, 0) is 30.9 Å². The van der Waals surface area contributed by atoms with E-state index in [4.69, 9.17) is 5.73 Å². The van der Waals surface area contributed by atoms with Gasteiger partial charge in [0.05, 0.1) is 4.90 Å². The molecule has 1 atom stereocenters. The quantitative estimate of drug-likeness (QED) is 0.878. The van der Waals surface area contributed by atoms with Gasteiger partial charge >= 0.3 is 0 Å². The van der Waals surface area contributed by atoms with Crippen molar-refractivity contribution in [1.82, 2.24) is 9.71 Å². The molecule has 2 heterocycles. The molecule has 0 aliphatic rings. The Balaban J connectivity index is 2.09. The Morgan fingerprint density at radius 1 is 1.47 bits per heavy atom. The zero-order valence-electron chi connectivity index (χ0n) is 10.4. The number of anilines is 1. The molecule has 0 aliphatic heterocycles. The molecule has 0 fully saturated rings. The van der Waals surface area contributed by atoms with Crippen LogP contribution in [0, 0.1) is 0 Å². The summed E-state index contributed by atoms with van der Waals surface area (Å²) in [5, 5.41) is 1.97. The molecule has 19 heavy (non-hydrogen) atoms. The van der Waals surface area contributed by atoms with Gasteiger partial charge < -0.3 is 5.73 Å². The van der Waals surface area contributed by atoms with Crippen molar-refractivity contribution in [2.45, 2.75) is 24.3 Å². The molecule has 5 nitrogen and oxygen atoms in total. The molecule has 2 aromatic heterocycles. The summed E-state index contributed by atoms with van der Waals surface area (Å²) < 4.78 is 26.9. The lowest BCUT2D eigenvalue weighted by Gasteiger charge is -2.13. The molecule has 0 aliphatic carbocycles. The van der Waals surface area contributed by atoms with Crippen molar-refractivity contribution in [2.75, 3.05) is 5.73 Å². The maximum atomic E-state index is 12.1. The Morgan fingerprint density at radius 2 is 2.26 bits per heavy atom. The van der Waals surface area contributed by atoms with Crippen LogP contribution in [0.15, 0.2) is 40.7 Å². The van der Waals surface area contributed by atoms with Gasteiger partial charge in [-0.25, -0.2) is 18.1 Å². The lowest BCUT2D eigenvalue weighted by molar-refractivity contribution is 0.560. The second-order valence-corrected chi connectivity index (χ2v) is 6.97. The first-order chi connectivity index (χ1) is 8.97. The number of rotatable bonds is 5. The fourth-order valence-electron chi connectivity index (χ4n) is 1.70. The second-order valence-electron chi connectivity index (χ2n) is 4.22. The van der Waals surface area contributed by atoms with Gasteiger partial charge in [-0.3, -0.25) is 0 Å². The van der Waals surface area contributed by atoms with Crippen LogP contribution in [0.2, 0.25) is 0 Å². The first-order valence-corrected chi connectivity index (χ1v) is 8.10. The van der Waals surface area contributed by atoms with E-state index in [2.05, 4.69) is 9.71 Å². The van der Waals surface area contributed by atoms with Crippen molar-refractivity contribution in [2.24, 2.45) is 0 Å². The highest BCUT2D eigenvalue weighted by Crippen LogP contribution is 2.14. The third-order valence-corrected chi connectivity index (χ3v) is 4.99. The largest absolute Gasteiger partial charge is 0.384 e. The van der Waals surface area contributed by atoms with E-state index in [0.29, 0.717) is 6.42 Å². The highest BCUT2D eigenvalue weighted by atomic mass is 32.2. The Morgan fingerprint density at radius 3 is 2.89 bits per heavy atom. The standard InChI is InChI=1S/C12H15N3O2S2/c1-9(7-10-3-2-6-18-10)15-19(16,17)11-4-5-14-12(13)8-11/h2-6,8-9,15H,7H2,1H3,(H2,13,14). The van der Waals surface area contributed by atoms with Crippen molar-refractivity contribution in [1.29, 1.82) is 0 Å². The average Bonchev–Trinajstić information content (AvgIpc) is 2.81. The van der Waals surface area contributed by atoms with Gasteiger partial charge in [-0.2, -0.15) is 0 Å². The van der Waals surface area contributed by atoms with Crippen LogP contribution in [-0.2, 0) is 16.4 Å². The molecule has 2 rings (SSSR count). The summed E-state index contributed by atoms with van der Waals surface area (Å²) >= 11 is 1.61. The molecular weight excluding hydrogens is 282 g/mol. The molecule has 102 valence electrons. The molecule has 0 bridgehead atoms. The zero-order valence-corrected chi connectivity index (χ0v) is 12.0. The molecule has 0 radical (unpaired) electrons. The predicted octanol–water partition coefficient (Wildman–Crippen LogP) is 1.63. The van der Waals surface area contributed by atoms with Gasteiger partial charge in [0.2, 0.25) is 10.0 Å². The molecule has 7 heteroatoms. The van der Waals surface area contributed by atoms with E-state index in [9.17, 15) is 8.42 Å². The molecular formula is C12H15N3O2S2. The van der Waals surface area contributed by atoms with Crippen LogP contribution in [-0.4, -0.2) is 19.4 Å². The summed E-state index contributed by atoms with van der Waals surface area (Å²) in [5.74, 6) is 0.189. The number of pyridine rings is 1. The van der Waals surface area contributed by atoms with Gasteiger partial charge in [0.1, 0.15) is 5.82 Å². The molecule has 0 saturated heterocycles. The molecule has 1 unspecified atom stereocenters. The number of aromatic nitrogens is 1.